The molecule has 0 bridgehead atoms. The third-order valence-corrected chi connectivity index (χ3v) is 4.27. The molecule has 0 unspecified atom stereocenters. The molecule has 8 heteroatoms. The SMILES string of the molecule is COC(=O)c1ccccc1NC(=O)c1cnc(N2CCN(C)CC2)nc1. The molecule has 2 aromatic rings. The Bertz CT molecular complexity index is 786. The van der Waals surface area contributed by atoms with E-state index in [1.165, 1.54) is 19.5 Å². The number of carbonyl (C=O) groups is 2. The number of nitrogens with zero attached hydrogens (tertiary/aromatic N) is 4. The molecule has 1 fully saturated rings. The van der Waals surface area contributed by atoms with Crippen molar-refractivity contribution in [3.05, 3.63) is 47.8 Å². The van der Waals surface area contributed by atoms with Gasteiger partial charge in [0.05, 0.1) is 23.9 Å². The number of piperazine rings is 1. The van der Waals surface area contributed by atoms with Gasteiger partial charge in [0.2, 0.25) is 5.95 Å². The number of benzene rings is 1. The average molecular weight is 355 g/mol. The van der Waals surface area contributed by atoms with Crippen molar-refractivity contribution in [3.8, 4) is 0 Å². The topological polar surface area (TPSA) is 87.7 Å². The summed E-state index contributed by atoms with van der Waals surface area (Å²) in [6, 6.07) is 6.67. The number of anilines is 2. The van der Waals surface area contributed by atoms with Gasteiger partial charge in [-0.2, -0.15) is 0 Å². The molecule has 0 spiro atoms. The Morgan fingerprint density at radius 2 is 1.73 bits per heavy atom. The molecule has 1 aromatic heterocycles. The smallest absolute Gasteiger partial charge is 0.339 e. The quantitative estimate of drug-likeness (QED) is 0.826. The molecule has 136 valence electrons. The van der Waals surface area contributed by atoms with Crippen LogP contribution in [-0.4, -0.2) is 67.1 Å². The largest absolute Gasteiger partial charge is 0.465 e. The minimum Gasteiger partial charge on any atom is -0.465 e. The van der Waals surface area contributed by atoms with E-state index >= 15 is 0 Å². The number of nitrogens with one attached hydrogen (secondary N) is 1. The van der Waals surface area contributed by atoms with Gasteiger partial charge in [-0.05, 0) is 19.2 Å². The van der Waals surface area contributed by atoms with E-state index in [2.05, 4.69) is 32.1 Å². The average Bonchev–Trinajstić information content (AvgIpc) is 2.68. The Morgan fingerprint density at radius 3 is 2.38 bits per heavy atom. The lowest BCUT2D eigenvalue weighted by atomic mass is 10.1. The van der Waals surface area contributed by atoms with Gasteiger partial charge in [0.25, 0.3) is 5.91 Å². The van der Waals surface area contributed by atoms with E-state index in [1.54, 1.807) is 24.3 Å². The molecular weight excluding hydrogens is 334 g/mol. The highest BCUT2D eigenvalue weighted by atomic mass is 16.5. The molecule has 0 aliphatic carbocycles. The first-order valence-corrected chi connectivity index (χ1v) is 8.32. The molecule has 26 heavy (non-hydrogen) atoms. The van der Waals surface area contributed by atoms with Crippen LogP contribution in [0, 0.1) is 0 Å². The number of hydrogen-bond donors (Lipinski definition) is 1. The molecule has 1 N–H and O–H groups in total. The summed E-state index contributed by atoms with van der Waals surface area (Å²) >= 11 is 0. The monoisotopic (exact) mass is 355 g/mol. The van der Waals surface area contributed by atoms with Crippen LogP contribution in [0.4, 0.5) is 11.6 Å². The summed E-state index contributed by atoms with van der Waals surface area (Å²) in [6.07, 6.45) is 2.99. The van der Waals surface area contributed by atoms with Gasteiger partial charge in [0, 0.05) is 38.6 Å². The van der Waals surface area contributed by atoms with Gasteiger partial charge in [-0.1, -0.05) is 12.1 Å². The molecule has 0 saturated carbocycles. The van der Waals surface area contributed by atoms with Crippen LogP contribution in [0.25, 0.3) is 0 Å². The zero-order valence-electron chi connectivity index (χ0n) is 14.8. The zero-order valence-corrected chi connectivity index (χ0v) is 14.8. The first-order chi connectivity index (χ1) is 12.6. The second-order valence-corrected chi connectivity index (χ2v) is 6.05. The van der Waals surface area contributed by atoms with Crippen molar-refractivity contribution in [1.29, 1.82) is 0 Å². The molecular formula is C18H21N5O3. The normalized spacial score (nSPS) is 14.8. The fourth-order valence-electron chi connectivity index (χ4n) is 2.68. The summed E-state index contributed by atoms with van der Waals surface area (Å²) < 4.78 is 4.73. The highest BCUT2D eigenvalue weighted by Gasteiger charge is 2.18. The predicted molar refractivity (Wildman–Crippen MR) is 97.5 cm³/mol. The third-order valence-electron chi connectivity index (χ3n) is 4.27. The van der Waals surface area contributed by atoms with Crippen LogP contribution >= 0.6 is 0 Å². The van der Waals surface area contributed by atoms with Gasteiger partial charge in [-0.3, -0.25) is 4.79 Å². The Kier molecular flexibility index (Phi) is 5.43. The minimum atomic E-state index is -0.512. The molecule has 1 aliphatic rings. The molecule has 8 nitrogen and oxygen atoms in total. The summed E-state index contributed by atoms with van der Waals surface area (Å²) in [5.74, 6) is -0.279. The Labute approximate surface area is 151 Å². The maximum atomic E-state index is 12.4. The molecule has 1 aliphatic heterocycles. The van der Waals surface area contributed by atoms with Crippen LogP contribution in [0.3, 0.4) is 0 Å². The van der Waals surface area contributed by atoms with Crippen LogP contribution in [0.1, 0.15) is 20.7 Å². The van der Waals surface area contributed by atoms with Crippen molar-refractivity contribution < 1.29 is 14.3 Å². The summed E-state index contributed by atoms with van der Waals surface area (Å²) in [4.78, 5) is 37.2. The first-order valence-electron chi connectivity index (χ1n) is 8.32. The van der Waals surface area contributed by atoms with E-state index in [1.807, 2.05) is 0 Å². The van der Waals surface area contributed by atoms with Crippen LogP contribution in [0.5, 0.6) is 0 Å². The van der Waals surface area contributed by atoms with Crippen LogP contribution in [-0.2, 0) is 4.74 Å². The molecule has 0 atom stereocenters. The van der Waals surface area contributed by atoms with Crippen molar-refractivity contribution in [2.75, 3.05) is 50.6 Å². The van der Waals surface area contributed by atoms with Gasteiger partial charge < -0.3 is 19.9 Å². The van der Waals surface area contributed by atoms with Crippen molar-refractivity contribution in [3.63, 3.8) is 0 Å². The number of esters is 1. The summed E-state index contributed by atoms with van der Waals surface area (Å²) in [7, 11) is 3.38. The number of amides is 1. The Balaban J connectivity index is 1.70. The number of hydrogen-bond acceptors (Lipinski definition) is 7. The highest BCUT2D eigenvalue weighted by molar-refractivity contribution is 6.07. The predicted octanol–water partition coefficient (Wildman–Crippen LogP) is 1.27. The van der Waals surface area contributed by atoms with Crippen molar-refractivity contribution in [2.45, 2.75) is 0 Å². The molecule has 1 aromatic carbocycles. The number of para-hydroxylation sites is 1. The lowest BCUT2D eigenvalue weighted by Gasteiger charge is -2.32. The van der Waals surface area contributed by atoms with E-state index in [4.69, 9.17) is 4.74 Å². The van der Waals surface area contributed by atoms with Gasteiger partial charge >= 0.3 is 5.97 Å². The number of aromatic nitrogens is 2. The zero-order chi connectivity index (χ0) is 18.5. The van der Waals surface area contributed by atoms with E-state index < -0.39 is 5.97 Å². The van der Waals surface area contributed by atoms with Crippen LogP contribution in [0.15, 0.2) is 36.7 Å². The maximum absolute atomic E-state index is 12.4. The number of rotatable bonds is 4. The fraction of sp³-hybridized carbons (Fsp3) is 0.333. The molecule has 2 heterocycles. The number of ether oxygens (including phenoxy) is 1. The van der Waals surface area contributed by atoms with Crippen LogP contribution in [0.2, 0.25) is 0 Å². The third kappa shape index (κ3) is 3.97. The number of likely N-dealkylation sites (N-methyl/N-ethyl adjacent to an activating group) is 1. The van der Waals surface area contributed by atoms with Crippen molar-refractivity contribution in [2.24, 2.45) is 0 Å². The number of carbonyl (C=O) groups excluding carboxylic acids is 2. The second-order valence-electron chi connectivity index (χ2n) is 6.05. The van der Waals surface area contributed by atoms with Crippen molar-refractivity contribution >= 4 is 23.5 Å². The Hall–Kier alpha value is -3.00. The van der Waals surface area contributed by atoms with E-state index in [0.29, 0.717) is 22.8 Å². The van der Waals surface area contributed by atoms with Gasteiger partial charge in [0.1, 0.15) is 0 Å². The fourth-order valence-corrected chi connectivity index (χ4v) is 2.68. The van der Waals surface area contributed by atoms with E-state index in [9.17, 15) is 9.59 Å². The van der Waals surface area contributed by atoms with Crippen LogP contribution < -0.4 is 10.2 Å². The lowest BCUT2D eigenvalue weighted by molar-refractivity contribution is 0.0602. The summed E-state index contributed by atoms with van der Waals surface area (Å²) in [5, 5.41) is 2.71. The van der Waals surface area contributed by atoms with E-state index in [0.717, 1.165) is 26.2 Å². The van der Waals surface area contributed by atoms with Gasteiger partial charge in [-0.25, -0.2) is 14.8 Å². The minimum absolute atomic E-state index is 0.290. The van der Waals surface area contributed by atoms with Gasteiger partial charge in [-0.15, -0.1) is 0 Å². The lowest BCUT2D eigenvalue weighted by Crippen LogP contribution is -2.45. The molecule has 1 saturated heterocycles. The van der Waals surface area contributed by atoms with E-state index in [-0.39, 0.29) is 5.91 Å². The molecule has 3 rings (SSSR count). The second kappa shape index (κ2) is 7.92. The first kappa shape index (κ1) is 17.8. The maximum Gasteiger partial charge on any atom is 0.339 e. The Morgan fingerprint density at radius 1 is 1.08 bits per heavy atom. The van der Waals surface area contributed by atoms with Crippen molar-refractivity contribution in [1.82, 2.24) is 14.9 Å². The van der Waals surface area contributed by atoms with Gasteiger partial charge in [0.15, 0.2) is 0 Å². The standard InChI is InChI=1S/C18H21N5O3/c1-22-7-9-23(10-8-22)18-19-11-13(12-20-18)16(24)21-15-6-4-3-5-14(15)17(25)26-2/h3-6,11-12H,7-10H2,1-2H3,(H,21,24). The summed E-state index contributed by atoms with van der Waals surface area (Å²) in [6.45, 7) is 3.62. The number of methoxy groups -OCH3 is 1. The molecule has 1 amide bonds. The highest BCUT2D eigenvalue weighted by Crippen LogP contribution is 2.17. The molecule has 0 radical (unpaired) electrons. The summed E-state index contributed by atoms with van der Waals surface area (Å²) in [5.41, 5.74) is 0.994.